The van der Waals surface area contributed by atoms with E-state index >= 15 is 0 Å². The number of amides is 1. The normalized spacial score (nSPS) is 19.0. The Morgan fingerprint density at radius 3 is 2.65 bits per heavy atom. The smallest absolute Gasteiger partial charge is 0.410 e. The maximum absolute atomic E-state index is 12.3. The van der Waals surface area contributed by atoms with E-state index in [4.69, 9.17) is 16.3 Å². The minimum Gasteiger partial charge on any atom is -0.444 e. The topological polar surface area (TPSA) is 89.5 Å². The van der Waals surface area contributed by atoms with Gasteiger partial charge in [0.25, 0.3) is 0 Å². The van der Waals surface area contributed by atoms with E-state index in [1.54, 1.807) is 25.7 Å². The van der Waals surface area contributed by atoms with E-state index in [1.165, 1.54) is 12.1 Å². The summed E-state index contributed by atoms with van der Waals surface area (Å²) < 4.78 is 29.9. The maximum atomic E-state index is 12.3. The molecule has 128 valence electrons. The number of aromatic nitrogens is 2. The minimum absolute atomic E-state index is 0.0807. The monoisotopic (exact) mass is 361 g/mol. The molecule has 1 aromatic rings. The first kappa shape index (κ1) is 17.9. The quantitative estimate of drug-likeness (QED) is 0.819. The van der Waals surface area contributed by atoms with Crippen LogP contribution in [0.3, 0.4) is 0 Å². The summed E-state index contributed by atoms with van der Waals surface area (Å²) in [6, 6.07) is 2.73. The number of carbonyl (C=O) groups is 1. The van der Waals surface area contributed by atoms with E-state index in [-0.39, 0.29) is 21.8 Å². The van der Waals surface area contributed by atoms with Gasteiger partial charge in [-0.25, -0.2) is 13.2 Å². The van der Waals surface area contributed by atoms with Crippen molar-refractivity contribution in [2.45, 2.75) is 37.8 Å². The highest BCUT2D eigenvalue weighted by molar-refractivity contribution is 7.91. The first-order valence-electron chi connectivity index (χ1n) is 7.27. The number of sulfone groups is 1. The number of likely N-dealkylation sites (tertiary alicyclic amines) is 1. The van der Waals surface area contributed by atoms with Crippen LogP contribution in [0.2, 0.25) is 5.15 Å². The number of ether oxygens (including phenoxy) is 1. The molecular weight excluding hydrogens is 342 g/mol. The highest BCUT2D eigenvalue weighted by Crippen LogP contribution is 2.23. The average Bonchev–Trinajstić information content (AvgIpc) is 2.85. The second-order valence-electron chi connectivity index (χ2n) is 6.56. The third-order valence-electron chi connectivity index (χ3n) is 3.32. The molecule has 9 heteroatoms. The first-order valence-corrected chi connectivity index (χ1v) is 9.30. The summed E-state index contributed by atoms with van der Waals surface area (Å²) in [6.45, 7) is 6.23. The Bertz CT molecular complexity index is 670. The van der Waals surface area contributed by atoms with Gasteiger partial charge < -0.3 is 9.64 Å². The zero-order valence-corrected chi connectivity index (χ0v) is 14.9. The minimum atomic E-state index is -3.56. The van der Waals surface area contributed by atoms with E-state index in [1.807, 2.05) is 0 Å². The third kappa shape index (κ3) is 5.04. The standard InChI is InChI=1S/C14H20ClN3O4S/c1-14(2,3)22-13(19)18-7-6-10(8-18)9-23(20,21)12-5-4-11(15)16-17-12/h4-5,10H,6-9H2,1-3H3/t10-/m0/s1. The number of hydrogen-bond donors (Lipinski definition) is 0. The molecule has 7 nitrogen and oxygen atoms in total. The van der Waals surface area contributed by atoms with E-state index in [0.29, 0.717) is 19.5 Å². The van der Waals surface area contributed by atoms with Gasteiger partial charge in [0.15, 0.2) is 20.0 Å². The fourth-order valence-electron chi connectivity index (χ4n) is 2.33. The van der Waals surface area contributed by atoms with Crippen molar-refractivity contribution in [3.05, 3.63) is 17.3 Å². The van der Waals surface area contributed by atoms with Crippen LogP contribution in [0.1, 0.15) is 27.2 Å². The summed E-state index contributed by atoms with van der Waals surface area (Å²) in [5.41, 5.74) is -0.569. The van der Waals surface area contributed by atoms with Gasteiger partial charge >= 0.3 is 6.09 Å². The molecule has 2 heterocycles. The lowest BCUT2D eigenvalue weighted by Gasteiger charge is -2.24. The highest BCUT2D eigenvalue weighted by atomic mass is 35.5. The van der Waals surface area contributed by atoms with Crippen molar-refractivity contribution >= 4 is 27.5 Å². The molecule has 1 saturated heterocycles. The fourth-order valence-corrected chi connectivity index (χ4v) is 3.93. The van der Waals surface area contributed by atoms with Crippen molar-refractivity contribution in [3.63, 3.8) is 0 Å². The molecule has 0 aliphatic carbocycles. The molecular formula is C14H20ClN3O4S. The Labute approximate surface area is 140 Å². The maximum Gasteiger partial charge on any atom is 0.410 e. The molecule has 0 unspecified atom stereocenters. The van der Waals surface area contributed by atoms with Crippen LogP contribution < -0.4 is 0 Å². The Balaban J connectivity index is 1.97. The van der Waals surface area contributed by atoms with Crippen LogP contribution >= 0.6 is 11.6 Å². The second-order valence-corrected chi connectivity index (χ2v) is 8.93. The number of nitrogens with zero attached hydrogens (tertiary/aromatic N) is 3. The Kier molecular flexibility index (Phi) is 5.15. The highest BCUT2D eigenvalue weighted by Gasteiger charge is 2.33. The van der Waals surface area contributed by atoms with Gasteiger partial charge in [-0.2, -0.15) is 0 Å². The molecule has 1 aliphatic heterocycles. The zero-order chi connectivity index (χ0) is 17.3. The van der Waals surface area contributed by atoms with Crippen molar-refractivity contribution in [2.24, 2.45) is 5.92 Å². The lowest BCUT2D eigenvalue weighted by Crippen LogP contribution is -2.35. The molecule has 1 fully saturated rings. The van der Waals surface area contributed by atoms with E-state index in [2.05, 4.69) is 10.2 Å². The molecule has 1 aromatic heterocycles. The number of carbonyl (C=O) groups excluding carboxylic acids is 1. The molecule has 1 amide bonds. The number of rotatable bonds is 3. The van der Waals surface area contributed by atoms with E-state index < -0.39 is 21.5 Å². The Morgan fingerprint density at radius 2 is 2.09 bits per heavy atom. The number of halogens is 1. The predicted molar refractivity (Wildman–Crippen MR) is 85.0 cm³/mol. The lowest BCUT2D eigenvalue weighted by atomic mass is 10.2. The van der Waals surface area contributed by atoms with E-state index in [9.17, 15) is 13.2 Å². The van der Waals surface area contributed by atoms with Gasteiger partial charge in [0.05, 0.1) is 5.75 Å². The second kappa shape index (κ2) is 6.60. The summed E-state index contributed by atoms with van der Waals surface area (Å²) in [6.07, 6.45) is 0.197. The van der Waals surface area contributed by atoms with Gasteiger partial charge in [0.2, 0.25) is 0 Å². The average molecular weight is 362 g/mol. The molecule has 2 rings (SSSR count). The van der Waals surface area contributed by atoms with Gasteiger partial charge in [-0.05, 0) is 45.2 Å². The zero-order valence-electron chi connectivity index (χ0n) is 13.3. The molecule has 0 saturated carbocycles. The van der Waals surface area contributed by atoms with Gasteiger partial charge in [-0.3, -0.25) is 0 Å². The van der Waals surface area contributed by atoms with Crippen molar-refractivity contribution in [3.8, 4) is 0 Å². The summed E-state index contributed by atoms with van der Waals surface area (Å²) in [7, 11) is -3.56. The van der Waals surface area contributed by atoms with E-state index in [0.717, 1.165) is 0 Å². The summed E-state index contributed by atoms with van der Waals surface area (Å²) in [4.78, 5) is 13.5. The SMILES string of the molecule is CC(C)(C)OC(=O)N1CC[C@H](CS(=O)(=O)c2ccc(Cl)nn2)C1. The molecule has 23 heavy (non-hydrogen) atoms. The fraction of sp³-hybridized carbons (Fsp3) is 0.643. The van der Waals surface area contributed by atoms with Crippen molar-refractivity contribution in [1.82, 2.24) is 15.1 Å². The first-order chi connectivity index (χ1) is 10.6. The molecule has 0 aromatic carbocycles. The van der Waals surface area contributed by atoms with Crippen LogP contribution in [0.15, 0.2) is 17.2 Å². The van der Waals surface area contributed by atoms with Crippen LogP contribution in [0.5, 0.6) is 0 Å². The van der Waals surface area contributed by atoms with Crippen molar-refractivity contribution < 1.29 is 17.9 Å². The molecule has 0 bridgehead atoms. The molecule has 0 N–H and O–H groups in total. The van der Waals surface area contributed by atoms with Crippen LogP contribution in [-0.2, 0) is 14.6 Å². The van der Waals surface area contributed by atoms with Crippen LogP contribution in [-0.4, -0.2) is 54.1 Å². The van der Waals surface area contributed by atoms with Crippen molar-refractivity contribution in [2.75, 3.05) is 18.8 Å². The molecule has 0 spiro atoms. The van der Waals surface area contributed by atoms with Gasteiger partial charge in [-0.1, -0.05) is 11.6 Å². The lowest BCUT2D eigenvalue weighted by molar-refractivity contribution is 0.0289. The number of hydrogen-bond acceptors (Lipinski definition) is 6. The van der Waals surface area contributed by atoms with Gasteiger partial charge in [0, 0.05) is 13.1 Å². The molecule has 0 radical (unpaired) electrons. The Hall–Kier alpha value is -1.41. The largest absolute Gasteiger partial charge is 0.444 e. The van der Waals surface area contributed by atoms with Crippen LogP contribution in [0, 0.1) is 5.92 Å². The molecule has 1 atom stereocenters. The Morgan fingerprint density at radius 1 is 1.39 bits per heavy atom. The third-order valence-corrected chi connectivity index (χ3v) is 5.29. The van der Waals surface area contributed by atoms with Gasteiger partial charge in [-0.15, -0.1) is 10.2 Å². The van der Waals surface area contributed by atoms with Crippen LogP contribution in [0.25, 0.3) is 0 Å². The van der Waals surface area contributed by atoms with Crippen LogP contribution in [0.4, 0.5) is 4.79 Å². The summed E-state index contributed by atoms with van der Waals surface area (Å²) >= 11 is 5.61. The van der Waals surface area contributed by atoms with Gasteiger partial charge in [0.1, 0.15) is 5.60 Å². The predicted octanol–water partition coefficient (Wildman–Crippen LogP) is 2.16. The molecule has 1 aliphatic rings. The van der Waals surface area contributed by atoms with Crippen molar-refractivity contribution in [1.29, 1.82) is 0 Å². The summed E-state index contributed by atoms with van der Waals surface area (Å²) in [5.74, 6) is -0.229. The summed E-state index contributed by atoms with van der Waals surface area (Å²) in [5, 5.41) is 7.21.